The Bertz CT molecular complexity index is 396. The zero-order valence-electron chi connectivity index (χ0n) is 8.42. The number of guanidine groups is 1. The van der Waals surface area contributed by atoms with Crippen molar-refractivity contribution < 1.29 is 4.74 Å². The Hall–Kier alpha value is -1.91. The van der Waals surface area contributed by atoms with Crippen molar-refractivity contribution in [2.24, 2.45) is 21.0 Å². The van der Waals surface area contributed by atoms with Crippen molar-refractivity contribution in [3.05, 3.63) is 29.8 Å². The molecule has 1 aromatic rings. The molecular formula is C10H12N4O. The monoisotopic (exact) mass is 204 g/mol. The van der Waals surface area contributed by atoms with E-state index in [2.05, 4.69) is 15.2 Å². The van der Waals surface area contributed by atoms with E-state index in [0.29, 0.717) is 6.42 Å². The molecule has 0 saturated heterocycles. The largest absolute Gasteiger partial charge is 0.497 e. The van der Waals surface area contributed by atoms with E-state index in [0.717, 1.165) is 11.3 Å². The summed E-state index contributed by atoms with van der Waals surface area (Å²) >= 11 is 0. The zero-order chi connectivity index (χ0) is 10.7. The lowest BCUT2D eigenvalue weighted by Gasteiger charge is -2.04. The van der Waals surface area contributed by atoms with Crippen LogP contribution in [0.15, 0.2) is 39.5 Å². The van der Waals surface area contributed by atoms with Crippen molar-refractivity contribution in [1.29, 1.82) is 0 Å². The summed E-state index contributed by atoms with van der Waals surface area (Å²) in [5.41, 5.74) is 6.53. The van der Waals surface area contributed by atoms with Crippen LogP contribution in [0, 0.1) is 0 Å². The lowest BCUT2D eigenvalue weighted by atomic mass is 10.1. The molecule has 1 aliphatic rings. The molecular weight excluding hydrogens is 192 g/mol. The second-order valence-corrected chi connectivity index (χ2v) is 3.24. The molecule has 0 saturated carbocycles. The molecule has 1 aromatic carbocycles. The number of nitrogens with zero attached hydrogens (tertiary/aromatic N) is 3. The average molecular weight is 204 g/mol. The second-order valence-electron chi connectivity index (χ2n) is 3.24. The van der Waals surface area contributed by atoms with Gasteiger partial charge in [0, 0.05) is 6.42 Å². The van der Waals surface area contributed by atoms with Crippen LogP contribution in [-0.2, 0) is 6.42 Å². The van der Waals surface area contributed by atoms with Gasteiger partial charge in [-0.25, -0.2) is 4.99 Å². The number of rotatable bonds is 3. The smallest absolute Gasteiger partial charge is 0.237 e. The van der Waals surface area contributed by atoms with Crippen molar-refractivity contribution in [1.82, 2.24) is 0 Å². The fraction of sp³-hybridized carbons (Fsp3) is 0.300. The quantitative estimate of drug-likeness (QED) is 0.807. The highest BCUT2D eigenvalue weighted by atomic mass is 16.5. The van der Waals surface area contributed by atoms with Crippen LogP contribution in [0.1, 0.15) is 5.56 Å². The fourth-order valence-corrected chi connectivity index (χ4v) is 1.39. The van der Waals surface area contributed by atoms with Crippen molar-refractivity contribution in [2.45, 2.75) is 12.6 Å². The van der Waals surface area contributed by atoms with Crippen LogP contribution >= 0.6 is 0 Å². The molecule has 2 rings (SSSR count). The third kappa shape index (κ3) is 2.31. The van der Waals surface area contributed by atoms with E-state index in [4.69, 9.17) is 10.5 Å². The Morgan fingerprint density at radius 2 is 2.07 bits per heavy atom. The summed E-state index contributed by atoms with van der Waals surface area (Å²) in [6.45, 7) is 0. The first-order valence-corrected chi connectivity index (χ1v) is 4.65. The molecule has 0 aromatic heterocycles. The van der Waals surface area contributed by atoms with Gasteiger partial charge in [-0.05, 0) is 17.7 Å². The van der Waals surface area contributed by atoms with Crippen LogP contribution in [0.3, 0.4) is 0 Å². The van der Waals surface area contributed by atoms with E-state index in [1.54, 1.807) is 7.11 Å². The molecule has 1 heterocycles. The summed E-state index contributed by atoms with van der Waals surface area (Å²) in [5, 5.41) is 7.60. The van der Waals surface area contributed by atoms with Gasteiger partial charge in [-0.1, -0.05) is 12.1 Å². The van der Waals surface area contributed by atoms with E-state index in [-0.39, 0.29) is 12.1 Å². The highest BCUT2D eigenvalue weighted by molar-refractivity contribution is 5.79. The van der Waals surface area contributed by atoms with Gasteiger partial charge in [0.05, 0.1) is 7.11 Å². The molecule has 15 heavy (non-hydrogen) atoms. The Labute approximate surface area is 87.7 Å². The number of nitrogens with two attached hydrogens (primary N) is 1. The number of methoxy groups -OCH3 is 1. The minimum atomic E-state index is -0.168. The van der Waals surface area contributed by atoms with Crippen LogP contribution in [0.25, 0.3) is 0 Å². The van der Waals surface area contributed by atoms with Crippen molar-refractivity contribution >= 4 is 5.96 Å². The van der Waals surface area contributed by atoms with Crippen LogP contribution in [0.5, 0.6) is 5.75 Å². The Morgan fingerprint density at radius 1 is 1.33 bits per heavy atom. The molecule has 5 heteroatoms. The molecule has 0 bridgehead atoms. The first-order chi connectivity index (χ1) is 7.28. The maximum atomic E-state index is 5.39. The lowest BCUT2D eigenvalue weighted by Crippen LogP contribution is -2.07. The normalized spacial score (nSPS) is 19.0. The molecule has 0 spiro atoms. The molecule has 78 valence electrons. The van der Waals surface area contributed by atoms with Gasteiger partial charge in [-0.3, -0.25) is 0 Å². The zero-order valence-corrected chi connectivity index (χ0v) is 8.42. The standard InChI is InChI=1S/C10H12N4O/c1-15-8-4-2-7(3-5-8)6-9-12-10(11)14-13-9/h2-5,9H,6H2,1H3,(H2,11,12). The second kappa shape index (κ2) is 4.08. The minimum absolute atomic E-state index is 0.168. The summed E-state index contributed by atoms with van der Waals surface area (Å²) in [7, 11) is 1.64. The molecule has 0 radical (unpaired) electrons. The maximum absolute atomic E-state index is 5.39. The molecule has 1 unspecified atom stereocenters. The minimum Gasteiger partial charge on any atom is -0.497 e. The van der Waals surface area contributed by atoms with Crippen LogP contribution < -0.4 is 10.5 Å². The third-order valence-corrected chi connectivity index (χ3v) is 2.15. The summed E-state index contributed by atoms with van der Waals surface area (Å²) in [4.78, 5) is 4.06. The predicted octanol–water partition coefficient (Wildman–Crippen LogP) is 1.34. The van der Waals surface area contributed by atoms with Gasteiger partial charge in [0.1, 0.15) is 5.75 Å². The van der Waals surface area contributed by atoms with Gasteiger partial charge in [0.25, 0.3) is 0 Å². The summed E-state index contributed by atoms with van der Waals surface area (Å²) in [6, 6.07) is 7.79. The number of hydrogen-bond acceptors (Lipinski definition) is 5. The van der Waals surface area contributed by atoms with E-state index in [1.165, 1.54) is 0 Å². The number of azo groups is 1. The van der Waals surface area contributed by atoms with Gasteiger partial charge < -0.3 is 10.5 Å². The summed E-state index contributed by atoms with van der Waals surface area (Å²) in [5.74, 6) is 1.10. The lowest BCUT2D eigenvalue weighted by molar-refractivity contribution is 0.414. The van der Waals surface area contributed by atoms with E-state index in [9.17, 15) is 0 Å². The Balaban J connectivity index is 2.02. The Kier molecular flexibility index (Phi) is 2.62. The van der Waals surface area contributed by atoms with E-state index < -0.39 is 0 Å². The summed E-state index contributed by atoms with van der Waals surface area (Å²) in [6.07, 6.45) is 0.548. The van der Waals surface area contributed by atoms with Gasteiger partial charge in [0.2, 0.25) is 5.96 Å². The number of hydrogen-bond donors (Lipinski definition) is 1. The first-order valence-electron chi connectivity index (χ1n) is 4.65. The van der Waals surface area contributed by atoms with Gasteiger partial charge in [-0.15, -0.1) is 5.11 Å². The molecule has 1 aliphatic heterocycles. The van der Waals surface area contributed by atoms with Crippen LogP contribution in [-0.4, -0.2) is 19.2 Å². The molecule has 0 amide bonds. The Morgan fingerprint density at radius 3 is 2.60 bits per heavy atom. The molecule has 0 fully saturated rings. The van der Waals surface area contributed by atoms with Crippen molar-refractivity contribution in [2.75, 3.05) is 7.11 Å². The molecule has 1 atom stereocenters. The van der Waals surface area contributed by atoms with E-state index >= 15 is 0 Å². The van der Waals surface area contributed by atoms with E-state index in [1.807, 2.05) is 24.3 Å². The SMILES string of the molecule is COc1ccc(CC2N=NC(N)=N2)cc1. The predicted molar refractivity (Wildman–Crippen MR) is 57.0 cm³/mol. The first kappa shape index (κ1) is 9.64. The number of aliphatic imine (C=N–C) groups is 1. The average Bonchev–Trinajstić information content (AvgIpc) is 2.65. The van der Waals surface area contributed by atoms with Crippen molar-refractivity contribution in [3.63, 3.8) is 0 Å². The third-order valence-electron chi connectivity index (χ3n) is 2.15. The maximum Gasteiger partial charge on any atom is 0.237 e. The number of ether oxygens (including phenoxy) is 1. The number of benzene rings is 1. The van der Waals surface area contributed by atoms with Crippen LogP contribution in [0.4, 0.5) is 0 Å². The highest BCUT2D eigenvalue weighted by Gasteiger charge is 2.12. The highest BCUT2D eigenvalue weighted by Crippen LogP contribution is 2.15. The fourth-order valence-electron chi connectivity index (χ4n) is 1.39. The molecule has 2 N–H and O–H groups in total. The van der Waals surface area contributed by atoms with Crippen molar-refractivity contribution in [3.8, 4) is 5.75 Å². The van der Waals surface area contributed by atoms with Gasteiger partial charge in [0.15, 0.2) is 6.17 Å². The topological polar surface area (TPSA) is 72.3 Å². The summed E-state index contributed by atoms with van der Waals surface area (Å²) < 4.78 is 5.07. The van der Waals surface area contributed by atoms with Gasteiger partial charge in [-0.2, -0.15) is 5.11 Å². The van der Waals surface area contributed by atoms with Gasteiger partial charge >= 0.3 is 0 Å². The molecule has 5 nitrogen and oxygen atoms in total. The molecule has 0 aliphatic carbocycles. The van der Waals surface area contributed by atoms with Crippen LogP contribution in [0.2, 0.25) is 0 Å².